The fraction of sp³-hybridized carbons (Fsp3) is 0.545. The normalized spacial score (nSPS) is 22.3. The molecule has 164 valence electrons. The summed E-state index contributed by atoms with van der Waals surface area (Å²) in [5.74, 6) is 2.68. The maximum atomic E-state index is 12.7. The highest BCUT2D eigenvalue weighted by Crippen LogP contribution is 2.33. The van der Waals surface area contributed by atoms with Crippen LogP contribution in [0.25, 0.3) is 0 Å². The fourth-order valence-electron chi connectivity index (χ4n) is 4.70. The van der Waals surface area contributed by atoms with E-state index in [-0.39, 0.29) is 18.3 Å². The molecular formula is C22H31ClN4O3. The molecule has 2 unspecified atom stereocenters. The Hall–Kier alpha value is -2.25. The van der Waals surface area contributed by atoms with E-state index in [4.69, 9.17) is 9.47 Å². The van der Waals surface area contributed by atoms with E-state index in [2.05, 4.69) is 15.7 Å². The Kier molecular flexibility index (Phi) is 7.26. The molecule has 2 atom stereocenters. The number of carbonyl (C=O) groups is 1. The zero-order valence-electron chi connectivity index (χ0n) is 17.8. The largest absolute Gasteiger partial charge is 0.493 e. The van der Waals surface area contributed by atoms with Crippen LogP contribution in [-0.2, 0) is 11.3 Å². The van der Waals surface area contributed by atoms with Gasteiger partial charge in [-0.05, 0) is 56.2 Å². The molecular weight excluding hydrogens is 404 g/mol. The number of hydrogen-bond acceptors (Lipinski definition) is 5. The molecule has 30 heavy (non-hydrogen) atoms. The number of carbonyl (C=O) groups excluding carboxylic acids is 1. The zero-order valence-corrected chi connectivity index (χ0v) is 18.6. The van der Waals surface area contributed by atoms with Crippen LogP contribution in [-0.4, -0.2) is 42.0 Å². The van der Waals surface area contributed by atoms with Crippen LogP contribution in [0.5, 0.6) is 11.5 Å². The standard InChI is InChI=1S/C22H30N4O3.ClH/c1-14-12-23-26(13-15-4-7-19(28-2)20(10-15)29-3)22(14)25-21(27)11-16-8-17-5-6-18(9-16)24-17;/h4,7,10,12,16-18,24H,5-6,8-9,11,13H2,1-3H3,(H,25,27);1H. The molecule has 2 saturated heterocycles. The number of anilines is 1. The number of nitrogens with one attached hydrogen (secondary N) is 2. The Morgan fingerprint density at radius 1 is 1.20 bits per heavy atom. The predicted molar refractivity (Wildman–Crippen MR) is 119 cm³/mol. The summed E-state index contributed by atoms with van der Waals surface area (Å²) in [6.45, 7) is 2.51. The number of hydrogen-bond donors (Lipinski definition) is 2. The second-order valence-electron chi connectivity index (χ2n) is 8.25. The molecule has 8 heteroatoms. The molecule has 2 bridgehead atoms. The SMILES string of the molecule is COc1ccc(Cn2ncc(C)c2NC(=O)CC2CC3CCC(C2)N3)cc1OC.Cl. The van der Waals surface area contributed by atoms with Gasteiger partial charge in [-0.25, -0.2) is 4.68 Å². The minimum Gasteiger partial charge on any atom is -0.493 e. The van der Waals surface area contributed by atoms with Crippen molar-refractivity contribution in [3.63, 3.8) is 0 Å². The van der Waals surface area contributed by atoms with Crippen LogP contribution in [0.15, 0.2) is 24.4 Å². The van der Waals surface area contributed by atoms with Crippen molar-refractivity contribution in [2.24, 2.45) is 5.92 Å². The molecule has 2 fully saturated rings. The first-order valence-electron chi connectivity index (χ1n) is 10.3. The van der Waals surface area contributed by atoms with Gasteiger partial charge < -0.3 is 20.1 Å². The van der Waals surface area contributed by atoms with Gasteiger partial charge in [-0.3, -0.25) is 4.79 Å². The lowest BCUT2D eigenvalue weighted by Gasteiger charge is -2.28. The number of aromatic nitrogens is 2. The van der Waals surface area contributed by atoms with E-state index in [1.807, 2.05) is 29.8 Å². The Balaban J connectivity index is 0.00000256. The van der Waals surface area contributed by atoms with Crippen LogP contribution in [0.3, 0.4) is 0 Å². The summed E-state index contributed by atoms with van der Waals surface area (Å²) in [5.41, 5.74) is 1.99. The van der Waals surface area contributed by atoms with Crippen molar-refractivity contribution < 1.29 is 14.3 Å². The van der Waals surface area contributed by atoms with E-state index >= 15 is 0 Å². The molecule has 3 heterocycles. The number of halogens is 1. The summed E-state index contributed by atoms with van der Waals surface area (Å²) >= 11 is 0. The van der Waals surface area contributed by atoms with E-state index in [0.717, 1.165) is 29.8 Å². The lowest BCUT2D eigenvalue weighted by Crippen LogP contribution is -2.39. The number of ether oxygens (including phenoxy) is 2. The topological polar surface area (TPSA) is 77.4 Å². The summed E-state index contributed by atoms with van der Waals surface area (Å²) in [4.78, 5) is 12.7. The van der Waals surface area contributed by atoms with Crippen molar-refractivity contribution in [2.75, 3.05) is 19.5 Å². The third-order valence-corrected chi connectivity index (χ3v) is 6.11. The molecule has 2 aliphatic heterocycles. The number of fused-ring (bicyclic) bond motifs is 2. The monoisotopic (exact) mass is 434 g/mol. The van der Waals surface area contributed by atoms with E-state index in [9.17, 15) is 4.79 Å². The van der Waals surface area contributed by atoms with Gasteiger partial charge in [-0.2, -0.15) is 5.10 Å². The minimum absolute atomic E-state index is 0. The van der Waals surface area contributed by atoms with E-state index in [1.165, 1.54) is 12.8 Å². The summed E-state index contributed by atoms with van der Waals surface area (Å²) in [6.07, 6.45) is 7.08. The van der Waals surface area contributed by atoms with Gasteiger partial charge in [-0.15, -0.1) is 12.4 Å². The number of aryl methyl sites for hydroxylation is 1. The zero-order chi connectivity index (χ0) is 20.4. The molecule has 7 nitrogen and oxygen atoms in total. The van der Waals surface area contributed by atoms with Gasteiger partial charge in [0.15, 0.2) is 11.5 Å². The van der Waals surface area contributed by atoms with Crippen LogP contribution in [0, 0.1) is 12.8 Å². The van der Waals surface area contributed by atoms with Crippen LogP contribution >= 0.6 is 12.4 Å². The van der Waals surface area contributed by atoms with Crippen LogP contribution in [0.2, 0.25) is 0 Å². The molecule has 1 aromatic carbocycles. The minimum atomic E-state index is 0. The van der Waals surface area contributed by atoms with E-state index in [1.54, 1.807) is 20.4 Å². The molecule has 2 N–H and O–H groups in total. The average molecular weight is 435 g/mol. The lowest BCUT2D eigenvalue weighted by atomic mass is 9.89. The van der Waals surface area contributed by atoms with Crippen molar-refractivity contribution in [1.82, 2.24) is 15.1 Å². The van der Waals surface area contributed by atoms with Crippen molar-refractivity contribution in [3.05, 3.63) is 35.5 Å². The first kappa shape index (κ1) is 22.4. The van der Waals surface area contributed by atoms with Gasteiger partial charge in [0.25, 0.3) is 0 Å². The number of benzene rings is 1. The number of nitrogens with zero attached hydrogens (tertiary/aromatic N) is 2. The van der Waals surface area contributed by atoms with Crippen LogP contribution < -0.4 is 20.1 Å². The van der Waals surface area contributed by atoms with Gasteiger partial charge in [0, 0.05) is 24.1 Å². The maximum Gasteiger partial charge on any atom is 0.225 e. The molecule has 2 aliphatic rings. The molecule has 0 aliphatic carbocycles. The van der Waals surface area contributed by atoms with Crippen molar-refractivity contribution >= 4 is 24.1 Å². The van der Waals surface area contributed by atoms with Gasteiger partial charge in [0.05, 0.1) is 27.0 Å². The number of methoxy groups -OCH3 is 2. The predicted octanol–water partition coefficient (Wildman–Crippen LogP) is 3.54. The molecule has 4 rings (SSSR count). The number of rotatable bonds is 7. The Morgan fingerprint density at radius 3 is 2.57 bits per heavy atom. The highest BCUT2D eigenvalue weighted by molar-refractivity contribution is 5.90. The van der Waals surface area contributed by atoms with Crippen molar-refractivity contribution in [1.29, 1.82) is 0 Å². The van der Waals surface area contributed by atoms with Crippen molar-refractivity contribution in [2.45, 2.75) is 57.7 Å². The Labute approximate surface area is 183 Å². The highest BCUT2D eigenvalue weighted by atomic mass is 35.5. The smallest absolute Gasteiger partial charge is 0.225 e. The van der Waals surface area contributed by atoms with Gasteiger partial charge in [0.2, 0.25) is 5.91 Å². The number of piperidine rings is 1. The van der Waals surface area contributed by atoms with Gasteiger partial charge in [0.1, 0.15) is 5.82 Å². The van der Waals surface area contributed by atoms with E-state index in [0.29, 0.717) is 42.5 Å². The molecule has 0 radical (unpaired) electrons. The van der Waals surface area contributed by atoms with Crippen LogP contribution in [0.1, 0.15) is 43.2 Å². The van der Waals surface area contributed by atoms with Gasteiger partial charge >= 0.3 is 0 Å². The third kappa shape index (κ3) is 4.90. The van der Waals surface area contributed by atoms with Crippen molar-refractivity contribution in [3.8, 4) is 11.5 Å². The lowest BCUT2D eigenvalue weighted by molar-refractivity contribution is -0.117. The van der Waals surface area contributed by atoms with Crippen LogP contribution in [0.4, 0.5) is 5.82 Å². The summed E-state index contributed by atoms with van der Waals surface area (Å²) < 4.78 is 12.5. The Morgan fingerprint density at radius 2 is 1.90 bits per heavy atom. The average Bonchev–Trinajstić information content (AvgIpc) is 3.23. The molecule has 2 aromatic rings. The molecule has 1 amide bonds. The maximum absolute atomic E-state index is 12.7. The first-order chi connectivity index (χ1) is 14.1. The first-order valence-corrected chi connectivity index (χ1v) is 10.3. The molecule has 0 saturated carbocycles. The highest BCUT2D eigenvalue weighted by Gasteiger charge is 2.34. The summed E-state index contributed by atoms with van der Waals surface area (Å²) in [7, 11) is 3.24. The quantitative estimate of drug-likeness (QED) is 0.697. The summed E-state index contributed by atoms with van der Waals surface area (Å²) in [5, 5.41) is 11.2. The molecule has 1 aromatic heterocycles. The fourth-order valence-corrected chi connectivity index (χ4v) is 4.70. The second kappa shape index (κ2) is 9.71. The summed E-state index contributed by atoms with van der Waals surface area (Å²) in [6, 6.07) is 7.00. The molecule has 0 spiro atoms. The van der Waals surface area contributed by atoms with Gasteiger partial charge in [-0.1, -0.05) is 6.07 Å². The number of amides is 1. The second-order valence-corrected chi connectivity index (χ2v) is 8.25. The Bertz CT molecular complexity index is 873. The van der Waals surface area contributed by atoms with E-state index < -0.39 is 0 Å². The third-order valence-electron chi connectivity index (χ3n) is 6.11.